The number of hydrogen-bond acceptors (Lipinski definition) is 5. The van der Waals surface area contributed by atoms with Gasteiger partial charge in [0, 0.05) is 49.2 Å². The van der Waals surface area contributed by atoms with Crippen molar-refractivity contribution in [3.63, 3.8) is 0 Å². The van der Waals surface area contributed by atoms with Crippen LogP contribution in [0.1, 0.15) is 17.0 Å². The van der Waals surface area contributed by atoms with Gasteiger partial charge in [-0.2, -0.15) is 5.10 Å². The Labute approximate surface area is 156 Å². The summed E-state index contributed by atoms with van der Waals surface area (Å²) in [5.74, 6) is 0.0617. The third kappa shape index (κ3) is 2.46. The minimum Gasteiger partial charge on any atom is -0.297 e. The molecule has 0 spiro atoms. The summed E-state index contributed by atoms with van der Waals surface area (Å²) in [5, 5.41) is 5.93. The SMILES string of the molecule is Cn1cc(CN2C[C@H]3c4cc(-c5cccs5)ccc4S(=O)(=O)[C@H]3C2)cn1. The first kappa shape index (κ1) is 16.2. The minimum absolute atomic E-state index is 0.0617. The first-order valence-corrected chi connectivity index (χ1v) is 11.1. The van der Waals surface area contributed by atoms with Crippen molar-refractivity contribution in [2.24, 2.45) is 7.05 Å². The average molecular weight is 386 g/mol. The molecule has 0 bridgehead atoms. The van der Waals surface area contributed by atoms with Gasteiger partial charge in [0.2, 0.25) is 0 Å². The fourth-order valence-electron chi connectivity index (χ4n) is 4.26. The van der Waals surface area contributed by atoms with Crippen LogP contribution in [-0.2, 0) is 23.4 Å². The molecular weight excluding hydrogens is 366 g/mol. The van der Waals surface area contributed by atoms with Gasteiger partial charge in [-0.1, -0.05) is 12.1 Å². The van der Waals surface area contributed by atoms with Crippen LogP contribution in [0.2, 0.25) is 0 Å². The van der Waals surface area contributed by atoms with Crippen molar-refractivity contribution in [2.75, 3.05) is 13.1 Å². The van der Waals surface area contributed by atoms with Gasteiger partial charge in [-0.15, -0.1) is 11.3 Å². The maximum absolute atomic E-state index is 13.0. The number of thiophene rings is 1. The van der Waals surface area contributed by atoms with Crippen molar-refractivity contribution >= 4 is 21.2 Å². The molecule has 3 aromatic rings. The Morgan fingerprint density at radius 2 is 2.15 bits per heavy atom. The molecule has 0 radical (unpaired) electrons. The number of fused-ring (bicyclic) bond motifs is 3. The van der Waals surface area contributed by atoms with Gasteiger partial charge in [-0.3, -0.25) is 9.58 Å². The summed E-state index contributed by atoms with van der Waals surface area (Å²) < 4.78 is 27.8. The van der Waals surface area contributed by atoms with Gasteiger partial charge in [-0.05, 0) is 34.7 Å². The van der Waals surface area contributed by atoms with Gasteiger partial charge in [0.25, 0.3) is 0 Å². The van der Waals surface area contributed by atoms with Crippen LogP contribution in [0.15, 0.2) is 53.0 Å². The predicted molar refractivity (Wildman–Crippen MR) is 102 cm³/mol. The zero-order valence-corrected chi connectivity index (χ0v) is 16.0. The molecule has 0 aliphatic carbocycles. The van der Waals surface area contributed by atoms with Crippen LogP contribution in [0, 0.1) is 0 Å². The molecule has 2 aliphatic heterocycles. The Morgan fingerprint density at radius 1 is 1.27 bits per heavy atom. The summed E-state index contributed by atoms with van der Waals surface area (Å²) in [6.45, 7) is 2.11. The molecule has 4 heterocycles. The normalized spacial score (nSPS) is 23.9. The van der Waals surface area contributed by atoms with E-state index in [1.807, 2.05) is 43.0 Å². The zero-order valence-electron chi connectivity index (χ0n) is 14.4. The van der Waals surface area contributed by atoms with Crippen LogP contribution < -0.4 is 0 Å². The molecule has 0 unspecified atom stereocenters. The van der Waals surface area contributed by atoms with E-state index in [4.69, 9.17) is 0 Å². The van der Waals surface area contributed by atoms with Crippen LogP contribution >= 0.6 is 11.3 Å². The van der Waals surface area contributed by atoms with E-state index in [0.29, 0.717) is 11.4 Å². The molecule has 1 aromatic carbocycles. The van der Waals surface area contributed by atoms with Crippen molar-refractivity contribution < 1.29 is 8.42 Å². The number of rotatable bonds is 3. The van der Waals surface area contributed by atoms with Crippen LogP contribution in [0.4, 0.5) is 0 Å². The highest BCUT2D eigenvalue weighted by molar-refractivity contribution is 7.92. The van der Waals surface area contributed by atoms with E-state index in [1.54, 1.807) is 16.0 Å². The topological polar surface area (TPSA) is 55.2 Å². The molecule has 0 amide bonds. The van der Waals surface area contributed by atoms with E-state index in [2.05, 4.69) is 22.1 Å². The third-order valence-corrected chi connectivity index (χ3v) is 8.60. The zero-order chi connectivity index (χ0) is 17.9. The Hall–Kier alpha value is -1.96. The van der Waals surface area contributed by atoms with Crippen LogP contribution in [0.3, 0.4) is 0 Å². The predicted octanol–water partition coefficient (Wildman–Crippen LogP) is 2.90. The van der Waals surface area contributed by atoms with Crippen molar-refractivity contribution in [1.82, 2.24) is 14.7 Å². The summed E-state index contributed by atoms with van der Waals surface area (Å²) in [4.78, 5) is 3.96. The molecule has 134 valence electrons. The van der Waals surface area contributed by atoms with Gasteiger partial charge >= 0.3 is 0 Å². The van der Waals surface area contributed by atoms with Crippen molar-refractivity contribution in [3.05, 3.63) is 59.2 Å². The van der Waals surface area contributed by atoms with E-state index < -0.39 is 9.84 Å². The Balaban J connectivity index is 1.48. The van der Waals surface area contributed by atoms with Crippen LogP contribution in [0.5, 0.6) is 0 Å². The van der Waals surface area contributed by atoms with E-state index in [0.717, 1.165) is 29.8 Å². The van der Waals surface area contributed by atoms with E-state index >= 15 is 0 Å². The number of nitrogens with zero attached hydrogens (tertiary/aromatic N) is 3. The van der Waals surface area contributed by atoms with E-state index in [9.17, 15) is 8.42 Å². The molecule has 7 heteroatoms. The Bertz CT molecular complexity index is 1070. The van der Waals surface area contributed by atoms with E-state index in [1.165, 1.54) is 4.88 Å². The molecule has 5 nitrogen and oxygen atoms in total. The molecule has 2 atom stereocenters. The lowest BCUT2D eigenvalue weighted by molar-refractivity contribution is 0.325. The summed E-state index contributed by atoms with van der Waals surface area (Å²) in [5.41, 5.74) is 3.23. The second-order valence-corrected chi connectivity index (χ2v) is 10.2. The highest BCUT2D eigenvalue weighted by Gasteiger charge is 2.50. The molecule has 0 N–H and O–H groups in total. The lowest BCUT2D eigenvalue weighted by Gasteiger charge is -2.16. The van der Waals surface area contributed by atoms with Crippen LogP contribution in [-0.4, -0.2) is 41.4 Å². The molecule has 5 rings (SSSR count). The number of aromatic nitrogens is 2. The molecule has 1 saturated heterocycles. The summed E-state index contributed by atoms with van der Waals surface area (Å²) in [6.07, 6.45) is 3.84. The van der Waals surface area contributed by atoms with Gasteiger partial charge in [-0.25, -0.2) is 8.42 Å². The minimum atomic E-state index is -3.25. The van der Waals surface area contributed by atoms with Crippen molar-refractivity contribution in [2.45, 2.75) is 22.6 Å². The lowest BCUT2D eigenvalue weighted by atomic mass is 9.96. The number of sulfone groups is 1. The first-order valence-electron chi connectivity index (χ1n) is 8.64. The smallest absolute Gasteiger partial charge is 0.183 e. The second kappa shape index (κ2) is 5.77. The van der Waals surface area contributed by atoms with Crippen molar-refractivity contribution in [1.29, 1.82) is 0 Å². The lowest BCUT2D eigenvalue weighted by Crippen LogP contribution is -2.25. The number of benzene rings is 1. The largest absolute Gasteiger partial charge is 0.297 e. The molecule has 2 aromatic heterocycles. The standard InChI is InChI=1S/C19H19N3O2S2/c1-21-9-13(8-20-21)10-22-11-16-15-7-14(17-3-2-6-25-17)4-5-18(15)26(23,24)19(16)12-22/h2-9,16,19H,10-12H2,1H3/t16-,19-/m0/s1. The maximum Gasteiger partial charge on any atom is 0.183 e. The fraction of sp³-hybridized carbons (Fsp3) is 0.316. The quantitative estimate of drug-likeness (QED) is 0.696. The Kier molecular flexibility index (Phi) is 3.60. The highest BCUT2D eigenvalue weighted by atomic mass is 32.2. The number of hydrogen-bond donors (Lipinski definition) is 0. The molecule has 0 saturated carbocycles. The van der Waals surface area contributed by atoms with Gasteiger partial charge in [0.15, 0.2) is 9.84 Å². The molecule has 2 aliphatic rings. The summed E-state index contributed by atoms with van der Waals surface area (Å²) >= 11 is 1.68. The summed E-state index contributed by atoms with van der Waals surface area (Å²) in [7, 11) is -1.35. The van der Waals surface area contributed by atoms with Gasteiger partial charge in [0.1, 0.15) is 0 Å². The maximum atomic E-state index is 13.0. The molecular formula is C19H19N3O2S2. The Morgan fingerprint density at radius 3 is 2.88 bits per heavy atom. The molecule has 26 heavy (non-hydrogen) atoms. The molecule has 1 fully saturated rings. The van der Waals surface area contributed by atoms with E-state index in [-0.39, 0.29) is 11.2 Å². The summed E-state index contributed by atoms with van der Waals surface area (Å²) in [6, 6.07) is 9.95. The van der Waals surface area contributed by atoms with Gasteiger partial charge in [0.05, 0.1) is 16.3 Å². The monoisotopic (exact) mass is 385 g/mol. The highest BCUT2D eigenvalue weighted by Crippen LogP contribution is 2.46. The second-order valence-electron chi connectivity index (χ2n) is 7.14. The number of aryl methyl sites for hydroxylation is 1. The van der Waals surface area contributed by atoms with Crippen LogP contribution in [0.25, 0.3) is 10.4 Å². The third-order valence-electron chi connectivity index (χ3n) is 5.43. The average Bonchev–Trinajstić information content (AvgIpc) is 3.37. The number of likely N-dealkylation sites (tertiary alicyclic amines) is 1. The fourth-order valence-corrected chi connectivity index (χ4v) is 7.18. The van der Waals surface area contributed by atoms with Crippen molar-refractivity contribution in [3.8, 4) is 10.4 Å². The van der Waals surface area contributed by atoms with Gasteiger partial charge < -0.3 is 0 Å². The first-order chi connectivity index (χ1) is 12.5.